The Bertz CT molecular complexity index is 1090. The third kappa shape index (κ3) is 4.24. The van der Waals surface area contributed by atoms with Crippen LogP contribution in [-0.4, -0.2) is 32.8 Å². The van der Waals surface area contributed by atoms with Gasteiger partial charge in [-0.15, -0.1) is 0 Å². The lowest BCUT2D eigenvalue weighted by molar-refractivity contribution is -0.141. The van der Waals surface area contributed by atoms with Crippen LogP contribution in [0.4, 0.5) is 18.9 Å². The average molecular weight is 446 g/mol. The van der Waals surface area contributed by atoms with Crippen LogP contribution in [0.2, 0.25) is 0 Å². The van der Waals surface area contributed by atoms with Gasteiger partial charge in [-0.2, -0.15) is 23.5 Å². The topological polar surface area (TPSA) is 90.9 Å². The molecular weight excluding hydrogens is 421 g/mol. The van der Waals surface area contributed by atoms with Crippen LogP contribution >= 0.6 is 0 Å². The number of carbonyl (C=O) groups is 1. The molecule has 0 spiro atoms. The number of benzene rings is 1. The van der Waals surface area contributed by atoms with E-state index in [1.165, 1.54) is 4.68 Å². The minimum absolute atomic E-state index is 0.0302. The highest BCUT2D eigenvalue weighted by molar-refractivity contribution is 6.00. The maximum atomic E-state index is 13.7. The Labute approximate surface area is 184 Å². The van der Waals surface area contributed by atoms with Crippen molar-refractivity contribution in [2.75, 3.05) is 5.32 Å². The van der Waals surface area contributed by atoms with E-state index >= 15 is 0 Å². The molecule has 2 aliphatic rings. The van der Waals surface area contributed by atoms with Crippen molar-refractivity contribution in [2.45, 2.75) is 70.7 Å². The molecule has 1 fully saturated rings. The number of alkyl halides is 3. The van der Waals surface area contributed by atoms with Gasteiger partial charge in [-0.3, -0.25) is 4.79 Å². The second kappa shape index (κ2) is 7.93. The summed E-state index contributed by atoms with van der Waals surface area (Å²) < 4.78 is 42.3. The average Bonchev–Trinajstić information content (AvgIpc) is 3.08. The molecule has 0 unspecified atom stereocenters. The molecule has 2 aliphatic carbocycles. The molecule has 1 saturated carbocycles. The number of hydrogen-bond donors (Lipinski definition) is 2. The summed E-state index contributed by atoms with van der Waals surface area (Å²) in [5, 5.41) is 26.4. The summed E-state index contributed by atoms with van der Waals surface area (Å²) >= 11 is 0. The number of aliphatic hydroxyl groups is 1. The van der Waals surface area contributed by atoms with Crippen LogP contribution in [0.1, 0.15) is 73.3 Å². The Morgan fingerprint density at radius 2 is 1.91 bits per heavy atom. The van der Waals surface area contributed by atoms with E-state index in [0.29, 0.717) is 29.8 Å². The van der Waals surface area contributed by atoms with Crippen LogP contribution in [-0.2, 0) is 12.6 Å². The number of aromatic nitrogens is 2. The zero-order valence-electron chi connectivity index (χ0n) is 18.0. The standard InChI is InChI=1S/C23H25F3N4O2/c1-22(2)10-18-20(19(32)11-22)21(23(24,25)26)29-30(18)15-6-3-13(12-27)17(9-15)28-14-4-7-16(31)8-5-14/h3,6,9,14,16,28,31H,4-5,7-8,10-11H2,1-2H3. The first-order chi connectivity index (χ1) is 15.0. The molecule has 0 saturated heterocycles. The van der Waals surface area contributed by atoms with Crippen molar-refractivity contribution >= 4 is 11.5 Å². The number of halogens is 3. The fraction of sp³-hybridized carbons (Fsp3) is 0.522. The first kappa shape index (κ1) is 22.3. The van der Waals surface area contributed by atoms with Gasteiger partial charge in [-0.25, -0.2) is 4.68 Å². The molecule has 0 bridgehead atoms. The largest absolute Gasteiger partial charge is 0.435 e. The van der Waals surface area contributed by atoms with Crippen molar-refractivity contribution in [3.8, 4) is 11.8 Å². The van der Waals surface area contributed by atoms with E-state index in [0.717, 1.165) is 12.8 Å². The molecule has 0 atom stereocenters. The minimum atomic E-state index is -4.75. The van der Waals surface area contributed by atoms with Gasteiger partial charge in [-0.1, -0.05) is 13.8 Å². The molecule has 32 heavy (non-hydrogen) atoms. The fourth-order valence-electron chi connectivity index (χ4n) is 4.68. The number of nitriles is 1. The van der Waals surface area contributed by atoms with Gasteiger partial charge >= 0.3 is 6.18 Å². The Morgan fingerprint density at radius 1 is 1.22 bits per heavy atom. The zero-order chi connectivity index (χ0) is 23.3. The molecule has 9 heteroatoms. The molecule has 0 radical (unpaired) electrons. The van der Waals surface area contributed by atoms with Crippen molar-refractivity contribution in [1.82, 2.24) is 9.78 Å². The van der Waals surface area contributed by atoms with E-state index in [2.05, 4.69) is 16.5 Å². The Morgan fingerprint density at radius 3 is 2.53 bits per heavy atom. The van der Waals surface area contributed by atoms with Crippen LogP contribution < -0.4 is 5.32 Å². The summed E-state index contributed by atoms with van der Waals surface area (Å²) in [6.45, 7) is 3.70. The number of ketones is 1. The van der Waals surface area contributed by atoms with E-state index in [1.54, 1.807) is 18.2 Å². The minimum Gasteiger partial charge on any atom is -0.393 e. The highest BCUT2D eigenvalue weighted by Gasteiger charge is 2.45. The molecule has 0 aliphatic heterocycles. The van der Waals surface area contributed by atoms with Gasteiger partial charge in [0, 0.05) is 12.5 Å². The Kier molecular flexibility index (Phi) is 5.53. The molecule has 4 rings (SSSR count). The number of aliphatic hydroxyl groups excluding tert-OH is 1. The molecule has 1 aromatic heterocycles. The molecule has 2 aromatic rings. The van der Waals surface area contributed by atoms with Crippen LogP contribution in [0.25, 0.3) is 5.69 Å². The first-order valence-electron chi connectivity index (χ1n) is 10.7. The van der Waals surface area contributed by atoms with Gasteiger partial charge in [0.05, 0.1) is 34.3 Å². The van der Waals surface area contributed by atoms with Crippen molar-refractivity contribution in [1.29, 1.82) is 5.26 Å². The number of fused-ring (bicyclic) bond motifs is 1. The zero-order valence-corrected chi connectivity index (χ0v) is 18.0. The number of anilines is 1. The van der Waals surface area contributed by atoms with Gasteiger partial charge < -0.3 is 10.4 Å². The normalized spacial score (nSPS) is 22.8. The maximum Gasteiger partial charge on any atom is 0.435 e. The van der Waals surface area contributed by atoms with E-state index in [-0.39, 0.29) is 36.2 Å². The van der Waals surface area contributed by atoms with Gasteiger partial charge in [0.15, 0.2) is 11.5 Å². The monoisotopic (exact) mass is 446 g/mol. The molecule has 0 amide bonds. The Balaban J connectivity index is 1.79. The fourth-order valence-corrected chi connectivity index (χ4v) is 4.68. The summed E-state index contributed by atoms with van der Waals surface area (Å²) in [7, 11) is 0. The molecule has 1 heterocycles. The quantitative estimate of drug-likeness (QED) is 0.717. The number of nitrogens with zero attached hydrogens (tertiary/aromatic N) is 3. The number of hydrogen-bond acceptors (Lipinski definition) is 5. The van der Waals surface area contributed by atoms with Crippen molar-refractivity contribution < 1.29 is 23.1 Å². The van der Waals surface area contributed by atoms with E-state index in [1.807, 2.05) is 13.8 Å². The van der Waals surface area contributed by atoms with Gasteiger partial charge in [-0.05, 0) is 55.7 Å². The number of carbonyl (C=O) groups excluding carboxylic acids is 1. The van der Waals surface area contributed by atoms with E-state index in [9.17, 15) is 28.3 Å². The van der Waals surface area contributed by atoms with Gasteiger partial charge in [0.1, 0.15) is 6.07 Å². The molecule has 6 nitrogen and oxygen atoms in total. The molecule has 2 N–H and O–H groups in total. The van der Waals surface area contributed by atoms with E-state index < -0.39 is 23.1 Å². The lowest BCUT2D eigenvalue weighted by Crippen LogP contribution is -2.29. The predicted molar refractivity (Wildman–Crippen MR) is 112 cm³/mol. The summed E-state index contributed by atoms with van der Waals surface area (Å²) in [5.41, 5.74) is -0.514. The van der Waals surface area contributed by atoms with Crippen LogP contribution in [0.3, 0.4) is 0 Å². The number of Topliss-reactive ketones (excluding diaryl/α,β-unsaturated/α-hetero) is 1. The summed E-state index contributed by atoms with van der Waals surface area (Å²) in [5.74, 6) is -0.553. The number of nitrogens with one attached hydrogen (secondary N) is 1. The molecule has 1 aromatic carbocycles. The van der Waals surface area contributed by atoms with Crippen LogP contribution in [0.5, 0.6) is 0 Å². The smallest absolute Gasteiger partial charge is 0.393 e. The maximum absolute atomic E-state index is 13.7. The summed E-state index contributed by atoms with van der Waals surface area (Å²) in [4.78, 5) is 12.6. The van der Waals surface area contributed by atoms with Crippen LogP contribution in [0, 0.1) is 16.7 Å². The molecule has 170 valence electrons. The highest BCUT2D eigenvalue weighted by Crippen LogP contribution is 2.42. The van der Waals surface area contributed by atoms with Crippen molar-refractivity contribution in [3.63, 3.8) is 0 Å². The van der Waals surface area contributed by atoms with Crippen molar-refractivity contribution in [2.24, 2.45) is 5.41 Å². The third-order valence-electron chi connectivity index (χ3n) is 6.24. The summed E-state index contributed by atoms with van der Waals surface area (Å²) in [6.07, 6.45) is -2.00. The first-order valence-corrected chi connectivity index (χ1v) is 10.7. The lowest BCUT2D eigenvalue weighted by Gasteiger charge is -2.29. The second-order valence-electron chi connectivity index (χ2n) is 9.51. The SMILES string of the molecule is CC1(C)CC(=O)c2c(C(F)(F)F)nn(-c3ccc(C#N)c(NC4CCC(O)CC4)c3)c2C1. The van der Waals surface area contributed by atoms with Crippen LogP contribution in [0.15, 0.2) is 18.2 Å². The predicted octanol–water partition coefficient (Wildman–Crippen LogP) is 4.63. The van der Waals surface area contributed by atoms with Gasteiger partial charge in [0.25, 0.3) is 0 Å². The van der Waals surface area contributed by atoms with E-state index in [4.69, 9.17) is 0 Å². The highest BCUT2D eigenvalue weighted by atomic mass is 19.4. The van der Waals surface area contributed by atoms with Crippen molar-refractivity contribution in [3.05, 3.63) is 40.7 Å². The summed E-state index contributed by atoms with van der Waals surface area (Å²) in [6, 6.07) is 6.87. The third-order valence-corrected chi connectivity index (χ3v) is 6.24. The Hall–Kier alpha value is -2.86. The number of rotatable bonds is 3. The lowest BCUT2D eigenvalue weighted by atomic mass is 9.75. The van der Waals surface area contributed by atoms with Gasteiger partial charge in [0.2, 0.25) is 0 Å². The molecular formula is C23H25F3N4O2. The second-order valence-corrected chi connectivity index (χ2v) is 9.51.